The first kappa shape index (κ1) is 19.0. The Hall–Kier alpha value is -2.38. The second kappa shape index (κ2) is 8.32. The molecule has 1 aromatic heterocycles. The number of amides is 3. The van der Waals surface area contributed by atoms with E-state index in [-0.39, 0.29) is 36.1 Å². The summed E-state index contributed by atoms with van der Waals surface area (Å²) in [5, 5.41) is 7.02. The summed E-state index contributed by atoms with van der Waals surface area (Å²) < 4.78 is 0. The number of anilines is 1. The van der Waals surface area contributed by atoms with Gasteiger partial charge in [0, 0.05) is 10.6 Å². The molecule has 2 heterocycles. The van der Waals surface area contributed by atoms with Crippen LogP contribution in [0.4, 0.5) is 5.69 Å². The van der Waals surface area contributed by atoms with Crippen LogP contribution in [0.3, 0.4) is 0 Å². The lowest BCUT2D eigenvalue weighted by Gasteiger charge is -2.16. The van der Waals surface area contributed by atoms with E-state index < -0.39 is 0 Å². The highest BCUT2D eigenvalue weighted by Crippen LogP contribution is 2.35. The second-order valence-electron chi connectivity index (χ2n) is 6.88. The fourth-order valence-corrected chi connectivity index (χ4v) is 5.32. The summed E-state index contributed by atoms with van der Waals surface area (Å²) in [6.07, 6.45) is 5.04. The van der Waals surface area contributed by atoms with Crippen molar-refractivity contribution in [2.45, 2.75) is 23.5 Å². The summed E-state index contributed by atoms with van der Waals surface area (Å²) in [5.74, 6) is -0.603. The van der Waals surface area contributed by atoms with E-state index >= 15 is 0 Å². The molecule has 5 nitrogen and oxygen atoms in total. The average Bonchev–Trinajstić information content (AvgIpc) is 3.31. The minimum absolute atomic E-state index is 0.227. The quantitative estimate of drug-likeness (QED) is 0.444. The molecule has 3 amide bonds. The third-order valence-electron chi connectivity index (χ3n) is 5.04. The van der Waals surface area contributed by atoms with Crippen molar-refractivity contribution in [2.75, 3.05) is 11.9 Å². The van der Waals surface area contributed by atoms with E-state index in [9.17, 15) is 14.4 Å². The van der Waals surface area contributed by atoms with Gasteiger partial charge in [0.2, 0.25) is 17.7 Å². The molecule has 0 radical (unpaired) electrons. The Kier molecular flexibility index (Phi) is 5.64. The highest BCUT2D eigenvalue weighted by molar-refractivity contribution is 7.98. The first-order valence-electron chi connectivity index (χ1n) is 9.16. The van der Waals surface area contributed by atoms with E-state index in [2.05, 4.69) is 16.8 Å². The fourth-order valence-electron chi connectivity index (χ4n) is 3.59. The molecule has 7 heteroatoms. The van der Waals surface area contributed by atoms with Gasteiger partial charge in [-0.05, 0) is 47.4 Å². The van der Waals surface area contributed by atoms with Gasteiger partial charge < -0.3 is 5.32 Å². The van der Waals surface area contributed by atoms with Gasteiger partial charge in [-0.1, -0.05) is 24.3 Å². The lowest BCUT2D eigenvalue weighted by molar-refractivity contribution is -0.142. The molecule has 144 valence electrons. The number of thioether (sulfide) groups is 1. The summed E-state index contributed by atoms with van der Waals surface area (Å²) in [5.41, 5.74) is 1.94. The molecule has 0 spiro atoms. The second-order valence-corrected chi connectivity index (χ2v) is 8.68. The number of carbonyl (C=O) groups is 3. The SMILES string of the molecule is O=C(CN1C(=O)[C@@H]2CC=CC[C@H]2C1=O)Nc1ccccc1SCc1ccsc1. The number of imide groups is 1. The zero-order valence-corrected chi connectivity index (χ0v) is 16.8. The normalized spacial score (nSPS) is 21.1. The van der Waals surface area contributed by atoms with Gasteiger partial charge in [-0.25, -0.2) is 0 Å². The Labute approximate surface area is 171 Å². The van der Waals surface area contributed by atoms with Crippen LogP contribution in [0, 0.1) is 11.8 Å². The molecule has 4 rings (SSSR count). The standard InChI is InChI=1S/C21H20N2O3S2/c24-19(11-23-20(25)15-5-1-2-6-16(15)21(23)26)22-17-7-3-4-8-18(17)28-13-14-9-10-27-12-14/h1-4,7-10,12,15-16H,5-6,11,13H2,(H,22,24)/t15-,16-/m1/s1. The van der Waals surface area contributed by atoms with E-state index in [1.54, 1.807) is 23.1 Å². The van der Waals surface area contributed by atoms with Crippen LogP contribution in [-0.2, 0) is 20.1 Å². The van der Waals surface area contributed by atoms with Crippen molar-refractivity contribution in [3.8, 4) is 0 Å². The molecular formula is C21H20N2O3S2. The van der Waals surface area contributed by atoms with Crippen LogP contribution in [0.5, 0.6) is 0 Å². The monoisotopic (exact) mass is 412 g/mol. The molecule has 2 aliphatic rings. The number of hydrogen-bond donors (Lipinski definition) is 1. The van der Waals surface area contributed by atoms with Crippen molar-refractivity contribution < 1.29 is 14.4 Å². The molecular weight excluding hydrogens is 392 g/mol. The maximum atomic E-state index is 12.6. The van der Waals surface area contributed by atoms with E-state index in [4.69, 9.17) is 0 Å². The van der Waals surface area contributed by atoms with Crippen molar-refractivity contribution in [1.82, 2.24) is 4.90 Å². The Balaban J connectivity index is 1.40. The number of hydrogen-bond acceptors (Lipinski definition) is 5. The molecule has 2 atom stereocenters. The predicted octanol–water partition coefficient (Wildman–Crippen LogP) is 3.93. The molecule has 0 unspecified atom stereocenters. The first-order valence-corrected chi connectivity index (χ1v) is 11.1. The van der Waals surface area contributed by atoms with Gasteiger partial charge in [-0.3, -0.25) is 19.3 Å². The van der Waals surface area contributed by atoms with Crippen molar-refractivity contribution >= 4 is 46.5 Å². The van der Waals surface area contributed by atoms with Gasteiger partial charge in [0.1, 0.15) is 6.54 Å². The molecule has 1 aliphatic heterocycles. The summed E-state index contributed by atoms with van der Waals surface area (Å²) in [6, 6.07) is 9.66. The lowest BCUT2D eigenvalue weighted by Crippen LogP contribution is -2.38. The number of rotatable bonds is 6. The molecule has 1 fully saturated rings. The van der Waals surface area contributed by atoms with Gasteiger partial charge in [-0.2, -0.15) is 11.3 Å². The van der Waals surface area contributed by atoms with Crippen molar-refractivity contribution in [1.29, 1.82) is 0 Å². The van der Waals surface area contributed by atoms with E-state index in [1.165, 1.54) is 5.56 Å². The highest BCUT2D eigenvalue weighted by Gasteiger charge is 2.47. The van der Waals surface area contributed by atoms with Crippen LogP contribution in [0.2, 0.25) is 0 Å². The number of carbonyl (C=O) groups excluding carboxylic acids is 3. The number of nitrogens with one attached hydrogen (secondary N) is 1. The number of allylic oxidation sites excluding steroid dienone is 2. The zero-order chi connectivity index (χ0) is 19.5. The topological polar surface area (TPSA) is 66.5 Å². The molecule has 1 N–H and O–H groups in total. The third kappa shape index (κ3) is 3.91. The van der Waals surface area contributed by atoms with Crippen LogP contribution in [0.15, 0.2) is 58.1 Å². The van der Waals surface area contributed by atoms with Crippen LogP contribution in [0.1, 0.15) is 18.4 Å². The van der Waals surface area contributed by atoms with Crippen LogP contribution < -0.4 is 5.32 Å². The number of likely N-dealkylation sites (tertiary alicyclic amines) is 1. The molecule has 0 bridgehead atoms. The first-order chi connectivity index (χ1) is 13.6. The molecule has 28 heavy (non-hydrogen) atoms. The Morgan fingerprint density at radius 2 is 1.82 bits per heavy atom. The van der Waals surface area contributed by atoms with E-state index in [0.29, 0.717) is 18.5 Å². The van der Waals surface area contributed by atoms with Crippen molar-refractivity contribution in [3.05, 3.63) is 58.8 Å². The Bertz CT molecular complexity index is 897. The molecule has 1 aliphatic carbocycles. The fraction of sp³-hybridized carbons (Fsp3) is 0.286. The predicted molar refractivity (Wildman–Crippen MR) is 111 cm³/mol. The lowest BCUT2D eigenvalue weighted by atomic mass is 9.85. The summed E-state index contributed by atoms with van der Waals surface area (Å²) >= 11 is 3.30. The Morgan fingerprint density at radius 1 is 1.11 bits per heavy atom. The van der Waals surface area contributed by atoms with Gasteiger partial charge in [0.05, 0.1) is 17.5 Å². The minimum atomic E-state index is -0.350. The summed E-state index contributed by atoms with van der Waals surface area (Å²) in [4.78, 5) is 39.7. The smallest absolute Gasteiger partial charge is 0.244 e. The molecule has 2 aromatic rings. The van der Waals surface area contributed by atoms with Gasteiger partial charge in [-0.15, -0.1) is 11.8 Å². The van der Waals surface area contributed by atoms with Crippen LogP contribution >= 0.6 is 23.1 Å². The van der Waals surface area contributed by atoms with Gasteiger partial charge >= 0.3 is 0 Å². The number of thiophene rings is 1. The van der Waals surface area contributed by atoms with Gasteiger partial charge in [0.25, 0.3) is 0 Å². The van der Waals surface area contributed by atoms with Crippen LogP contribution in [0.25, 0.3) is 0 Å². The van der Waals surface area contributed by atoms with Crippen LogP contribution in [-0.4, -0.2) is 29.2 Å². The molecule has 1 aromatic carbocycles. The van der Waals surface area contributed by atoms with E-state index in [1.807, 2.05) is 41.8 Å². The summed E-state index contributed by atoms with van der Waals surface area (Å²) in [6.45, 7) is -0.228. The van der Waals surface area contributed by atoms with Gasteiger partial charge in [0.15, 0.2) is 0 Å². The highest BCUT2D eigenvalue weighted by atomic mass is 32.2. The van der Waals surface area contributed by atoms with Crippen molar-refractivity contribution in [2.24, 2.45) is 11.8 Å². The minimum Gasteiger partial charge on any atom is -0.324 e. The largest absolute Gasteiger partial charge is 0.324 e. The maximum Gasteiger partial charge on any atom is 0.244 e. The number of nitrogens with zero attached hydrogens (tertiary/aromatic N) is 1. The van der Waals surface area contributed by atoms with Crippen molar-refractivity contribution in [3.63, 3.8) is 0 Å². The maximum absolute atomic E-state index is 12.6. The third-order valence-corrected chi connectivity index (χ3v) is 6.91. The number of benzene rings is 1. The number of para-hydroxylation sites is 1. The van der Waals surface area contributed by atoms with E-state index in [0.717, 1.165) is 15.5 Å². The molecule has 0 saturated carbocycles. The molecule has 1 saturated heterocycles. The number of fused-ring (bicyclic) bond motifs is 1. The zero-order valence-electron chi connectivity index (χ0n) is 15.2. The summed E-state index contributed by atoms with van der Waals surface area (Å²) in [7, 11) is 0. The Morgan fingerprint density at radius 3 is 2.50 bits per heavy atom. The average molecular weight is 413 g/mol.